The van der Waals surface area contributed by atoms with Crippen molar-refractivity contribution < 1.29 is 9.53 Å². The van der Waals surface area contributed by atoms with Crippen molar-refractivity contribution in [2.45, 2.75) is 31.8 Å². The molecule has 0 radical (unpaired) electrons. The number of nitrogens with zero attached hydrogens (tertiary/aromatic N) is 4. The molecule has 0 unspecified atom stereocenters. The van der Waals surface area contributed by atoms with E-state index in [0.717, 1.165) is 41.0 Å². The molecule has 6 rings (SSSR count). The zero-order valence-electron chi connectivity index (χ0n) is 20.2. The largest absolute Gasteiger partial charge is 0.489 e. The van der Waals surface area contributed by atoms with E-state index < -0.39 is 0 Å². The molecule has 3 N–H and O–H groups in total. The molecule has 37 heavy (non-hydrogen) atoms. The number of hydrogen-bond acceptors (Lipinski definition) is 6. The van der Waals surface area contributed by atoms with Crippen LogP contribution in [0.3, 0.4) is 0 Å². The Hall–Kier alpha value is -4.72. The number of hydrogen-bond donors (Lipinski definition) is 2. The predicted molar refractivity (Wildman–Crippen MR) is 142 cm³/mol. The Morgan fingerprint density at radius 3 is 2.73 bits per heavy atom. The number of anilines is 2. The number of imidazole rings is 1. The van der Waals surface area contributed by atoms with Gasteiger partial charge in [0.2, 0.25) is 0 Å². The van der Waals surface area contributed by atoms with Crippen LogP contribution in [0.1, 0.15) is 47.1 Å². The number of nitrogens with one attached hydrogen (secondary N) is 1. The summed E-state index contributed by atoms with van der Waals surface area (Å²) in [6.45, 7) is 0.345. The number of carbonyl (C=O) groups excluding carboxylic acids is 1. The third-order valence-electron chi connectivity index (χ3n) is 6.68. The second-order valence-electron chi connectivity index (χ2n) is 9.16. The summed E-state index contributed by atoms with van der Waals surface area (Å²) < 4.78 is 8.20. The van der Waals surface area contributed by atoms with E-state index in [9.17, 15) is 4.79 Å². The van der Waals surface area contributed by atoms with Crippen molar-refractivity contribution in [3.8, 4) is 17.0 Å². The number of ether oxygens (including phenoxy) is 1. The molecule has 0 saturated heterocycles. The van der Waals surface area contributed by atoms with E-state index in [1.807, 2.05) is 54.7 Å². The molecule has 1 aliphatic rings. The van der Waals surface area contributed by atoms with Crippen LogP contribution in [-0.2, 0) is 6.61 Å². The Labute approximate surface area is 214 Å². The molecule has 1 aliphatic carbocycles. The Kier molecular flexibility index (Phi) is 5.98. The standard InChI is InChI=1S/C29H26N6O2/c30-27-26-25(34-28(20-7-4-8-20)35(26)15-14-32-27)21-9-5-11-23(17-21)37-18-19-6-3-10-22(16-19)33-29(36)24-12-1-2-13-31-24/h1-3,5-6,9-17,20H,4,7-8,18H2,(H2,30,32)(H,33,36). The summed E-state index contributed by atoms with van der Waals surface area (Å²) in [5.41, 5.74) is 10.8. The molecule has 0 atom stereocenters. The number of rotatable bonds is 7. The number of carbonyl (C=O) groups is 1. The van der Waals surface area contributed by atoms with Gasteiger partial charge in [0.15, 0.2) is 0 Å². The summed E-state index contributed by atoms with van der Waals surface area (Å²) in [4.78, 5) is 25.8. The first kappa shape index (κ1) is 22.7. The summed E-state index contributed by atoms with van der Waals surface area (Å²) >= 11 is 0. The van der Waals surface area contributed by atoms with Crippen molar-refractivity contribution >= 4 is 22.9 Å². The lowest BCUT2D eigenvalue weighted by molar-refractivity contribution is 0.102. The van der Waals surface area contributed by atoms with Gasteiger partial charge in [0.05, 0.1) is 0 Å². The second kappa shape index (κ2) is 9.73. The minimum Gasteiger partial charge on any atom is -0.489 e. The fourth-order valence-electron chi connectivity index (χ4n) is 4.57. The Morgan fingerprint density at radius 1 is 1.03 bits per heavy atom. The Morgan fingerprint density at radius 2 is 1.92 bits per heavy atom. The highest BCUT2D eigenvalue weighted by atomic mass is 16.5. The zero-order chi connectivity index (χ0) is 25.2. The van der Waals surface area contributed by atoms with E-state index >= 15 is 0 Å². The van der Waals surface area contributed by atoms with Crippen molar-refractivity contribution in [2.75, 3.05) is 11.1 Å². The molecule has 1 saturated carbocycles. The summed E-state index contributed by atoms with van der Waals surface area (Å²) in [5.74, 6) is 2.42. The van der Waals surface area contributed by atoms with Crippen LogP contribution in [0.25, 0.3) is 16.8 Å². The number of benzene rings is 2. The van der Waals surface area contributed by atoms with E-state index in [1.165, 1.54) is 6.42 Å². The van der Waals surface area contributed by atoms with Crippen LogP contribution < -0.4 is 15.8 Å². The van der Waals surface area contributed by atoms with Gasteiger partial charge in [-0.05, 0) is 54.8 Å². The lowest BCUT2D eigenvalue weighted by Crippen LogP contribution is -2.13. The average Bonchev–Trinajstić information content (AvgIpc) is 3.28. The quantitative estimate of drug-likeness (QED) is 0.313. The average molecular weight is 491 g/mol. The number of nitrogen functional groups attached to an aromatic ring is 1. The fraction of sp³-hybridized carbons (Fsp3) is 0.172. The number of nitrogens with two attached hydrogens (primary N) is 1. The van der Waals surface area contributed by atoms with Gasteiger partial charge in [0, 0.05) is 35.8 Å². The molecule has 3 aromatic heterocycles. The lowest BCUT2D eigenvalue weighted by Gasteiger charge is -2.23. The topological polar surface area (TPSA) is 107 Å². The Bertz CT molecular complexity index is 1580. The number of aromatic nitrogens is 4. The lowest BCUT2D eigenvalue weighted by atomic mass is 9.85. The van der Waals surface area contributed by atoms with Crippen molar-refractivity contribution in [3.63, 3.8) is 0 Å². The molecule has 184 valence electrons. The van der Waals surface area contributed by atoms with Gasteiger partial charge in [-0.1, -0.05) is 36.8 Å². The van der Waals surface area contributed by atoms with Gasteiger partial charge in [-0.2, -0.15) is 0 Å². The SMILES string of the molecule is Nc1nccn2c(C3CCC3)nc(-c3cccc(OCc4cccc(NC(=O)c5ccccn5)c4)c3)c12. The van der Waals surface area contributed by atoms with Crippen LogP contribution in [0.15, 0.2) is 85.3 Å². The molecule has 0 spiro atoms. The maximum absolute atomic E-state index is 12.4. The first-order chi connectivity index (χ1) is 18.2. The molecule has 0 aliphatic heterocycles. The van der Waals surface area contributed by atoms with Crippen LogP contribution >= 0.6 is 0 Å². The molecular weight excluding hydrogens is 464 g/mol. The van der Waals surface area contributed by atoms with Crippen molar-refractivity contribution in [1.29, 1.82) is 0 Å². The fourth-order valence-corrected chi connectivity index (χ4v) is 4.57. The monoisotopic (exact) mass is 490 g/mol. The Balaban J connectivity index is 1.21. The minimum absolute atomic E-state index is 0.256. The van der Waals surface area contributed by atoms with Gasteiger partial charge in [-0.3, -0.25) is 14.2 Å². The van der Waals surface area contributed by atoms with Gasteiger partial charge in [0.25, 0.3) is 5.91 Å². The summed E-state index contributed by atoms with van der Waals surface area (Å²) in [5, 5.41) is 2.89. The van der Waals surface area contributed by atoms with Crippen LogP contribution in [-0.4, -0.2) is 25.3 Å². The van der Waals surface area contributed by atoms with E-state index in [2.05, 4.69) is 19.7 Å². The van der Waals surface area contributed by atoms with Crippen LogP contribution in [0.2, 0.25) is 0 Å². The minimum atomic E-state index is -0.256. The van der Waals surface area contributed by atoms with Gasteiger partial charge in [0.1, 0.15) is 40.9 Å². The van der Waals surface area contributed by atoms with E-state index in [-0.39, 0.29) is 5.91 Å². The van der Waals surface area contributed by atoms with Crippen LogP contribution in [0.5, 0.6) is 5.75 Å². The van der Waals surface area contributed by atoms with Crippen molar-refractivity contribution in [1.82, 2.24) is 19.4 Å². The number of amides is 1. The van der Waals surface area contributed by atoms with Gasteiger partial charge >= 0.3 is 0 Å². The third kappa shape index (κ3) is 4.61. The third-order valence-corrected chi connectivity index (χ3v) is 6.68. The molecule has 3 heterocycles. The first-order valence-corrected chi connectivity index (χ1v) is 12.3. The van der Waals surface area contributed by atoms with E-state index in [4.69, 9.17) is 15.5 Å². The van der Waals surface area contributed by atoms with Gasteiger partial charge < -0.3 is 15.8 Å². The predicted octanol–water partition coefficient (Wildman–Crippen LogP) is 5.47. The first-order valence-electron chi connectivity index (χ1n) is 12.3. The highest BCUT2D eigenvalue weighted by molar-refractivity contribution is 6.02. The molecule has 0 bridgehead atoms. The highest BCUT2D eigenvalue weighted by Gasteiger charge is 2.27. The molecule has 2 aromatic carbocycles. The number of fused-ring (bicyclic) bond motifs is 1. The molecule has 1 amide bonds. The molecule has 5 aromatic rings. The highest BCUT2D eigenvalue weighted by Crippen LogP contribution is 2.39. The number of pyridine rings is 1. The zero-order valence-corrected chi connectivity index (χ0v) is 20.2. The molecule has 8 nitrogen and oxygen atoms in total. The summed E-state index contributed by atoms with van der Waals surface area (Å²) in [6, 6.07) is 20.7. The van der Waals surface area contributed by atoms with Crippen molar-refractivity contribution in [2.24, 2.45) is 0 Å². The summed E-state index contributed by atoms with van der Waals surface area (Å²) in [6.07, 6.45) is 8.78. The van der Waals surface area contributed by atoms with Crippen molar-refractivity contribution in [3.05, 3.63) is 102 Å². The maximum atomic E-state index is 12.4. The van der Waals surface area contributed by atoms with E-state index in [0.29, 0.717) is 35.5 Å². The second-order valence-corrected chi connectivity index (χ2v) is 9.16. The molecule has 1 fully saturated rings. The maximum Gasteiger partial charge on any atom is 0.274 e. The molecular formula is C29H26N6O2. The molecule has 8 heteroatoms. The van der Waals surface area contributed by atoms with Crippen LogP contribution in [0, 0.1) is 0 Å². The normalized spacial score (nSPS) is 13.3. The summed E-state index contributed by atoms with van der Waals surface area (Å²) in [7, 11) is 0. The smallest absolute Gasteiger partial charge is 0.274 e. The van der Waals surface area contributed by atoms with Crippen LogP contribution in [0.4, 0.5) is 11.5 Å². The van der Waals surface area contributed by atoms with Gasteiger partial charge in [-0.15, -0.1) is 0 Å². The van der Waals surface area contributed by atoms with Gasteiger partial charge in [-0.25, -0.2) is 9.97 Å². The van der Waals surface area contributed by atoms with E-state index in [1.54, 1.807) is 30.6 Å².